The molecule has 0 aliphatic heterocycles. The summed E-state index contributed by atoms with van der Waals surface area (Å²) in [6.07, 6.45) is -1.03. The second-order valence-electron chi connectivity index (χ2n) is 8.19. The Morgan fingerprint density at radius 1 is 1.23 bits per heavy atom. The number of aromatic nitrogens is 1. The van der Waals surface area contributed by atoms with Crippen molar-refractivity contribution in [2.75, 3.05) is 18.6 Å². The number of unbranched alkanes of at least 4 members (excludes halogenated alkanes) is 2. The van der Waals surface area contributed by atoms with Crippen molar-refractivity contribution in [3.63, 3.8) is 0 Å². The molecule has 1 heterocycles. The number of nitrogens with zero attached hydrogens (tertiary/aromatic N) is 2. The zero-order chi connectivity index (χ0) is 25.8. The van der Waals surface area contributed by atoms with Gasteiger partial charge in [-0.1, -0.05) is 19.8 Å². The van der Waals surface area contributed by atoms with Crippen molar-refractivity contribution in [3.05, 3.63) is 58.7 Å². The molecule has 0 spiro atoms. The molecule has 0 N–H and O–H groups in total. The lowest BCUT2D eigenvalue weighted by Crippen LogP contribution is -2.50. The Hall–Kier alpha value is -2.95. The zero-order valence-electron chi connectivity index (χ0n) is 19.4. The van der Waals surface area contributed by atoms with Gasteiger partial charge in [0.05, 0.1) is 30.5 Å². The van der Waals surface area contributed by atoms with E-state index in [9.17, 15) is 26.7 Å². The molecule has 1 amide bonds. The molecule has 0 bridgehead atoms. The van der Waals surface area contributed by atoms with Gasteiger partial charge < -0.3 is 9.47 Å². The smallest absolute Gasteiger partial charge is 0.419 e. The second-order valence-corrected chi connectivity index (χ2v) is 9.03. The molecule has 35 heavy (non-hydrogen) atoms. The number of methoxy groups -OCH3 is 1. The fraction of sp³-hybridized carbons (Fsp3) is 0.417. The minimum absolute atomic E-state index is 0.00484. The SMILES string of the molecule is CCCCCOC1=CCC(C)(N(C(=O)OC)c2nc(-c3ccc(F)c(F)c3)cs2)C=C1C(F)(F)F. The van der Waals surface area contributed by atoms with Crippen molar-refractivity contribution < 1.29 is 36.2 Å². The summed E-state index contributed by atoms with van der Waals surface area (Å²) in [5.74, 6) is -2.38. The second kappa shape index (κ2) is 10.8. The molecule has 1 unspecified atom stereocenters. The lowest BCUT2D eigenvalue weighted by atomic mass is 9.87. The fourth-order valence-corrected chi connectivity index (χ4v) is 4.60. The third kappa shape index (κ3) is 6.01. The number of carbonyl (C=O) groups is 1. The highest BCUT2D eigenvalue weighted by Gasteiger charge is 2.46. The third-order valence-electron chi connectivity index (χ3n) is 5.50. The molecule has 2 aromatic rings. The number of amides is 1. The summed E-state index contributed by atoms with van der Waals surface area (Å²) in [7, 11) is 1.11. The van der Waals surface area contributed by atoms with E-state index >= 15 is 0 Å². The summed E-state index contributed by atoms with van der Waals surface area (Å²) in [5, 5.41) is 1.54. The van der Waals surface area contributed by atoms with Crippen LogP contribution in [-0.2, 0) is 9.47 Å². The highest BCUT2D eigenvalue weighted by atomic mass is 32.1. The van der Waals surface area contributed by atoms with Crippen LogP contribution in [0.4, 0.5) is 31.9 Å². The predicted molar refractivity (Wildman–Crippen MR) is 123 cm³/mol. The average Bonchev–Trinajstić information content (AvgIpc) is 3.28. The Bertz CT molecular complexity index is 1130. The third-order valence-corrected chi connectivity index (χ3v) is 6.32. The van der Waals surface area contributed by atoms with Gasteiger partial charge in [0.2, 0.25) is 0 Å². The van der Waals surface area contributed by atoms with Gasteiger partial charge in [-0.15, -0.1) is 11.3 Å². The van der Waals surface area contributed by atoms with E-state index in [1.807, 2.05) is 6.92 Å². The van der Waals surface area contributed by atoms with E-state index in [1.54, 1.807) is 0 Å². The number of alkyl halides is 3. The number of thiazole rings is 1. The normalized spacial score (nSPS) is 18.1. The number of halogens is 5. The van der Waals surface area contributed by atoms with E-state index in [2.05, 4.69) is 4.98 Å². The Balaban J connectivity index is 1.97. The number of hydrogen-bond acceptors (Lipinski definition) is 5. The first-order chi connectivity index (χ1) is 16.5. The summed E-state index contributed by atoms with van der Waals surface area (Å²) < 4.78 is 79.1. The molecule has 1 atom stereocenters. The molecular weight excluding hydrogens is 491 g/mol. The first-order valence-corrected chi connectivity index (χ1v) is 11.8. The number of allylic oxidation sites excluding steroid dienone is 1. The molecule has 1 aromatic carbocycles. The quantitative estimate of drug-likeness (QED) is 0.271. The van der Waals surface area contributed by atoms with Crippen LogP contribution < -0.4 is 4.90 Å². The largest absolute Gasteiger partial charge is 0.493 e. The number of carbonyl (C=O) groups excluding carboxylic acids is 1. The Morgan fingerprint density at radius 2 is 1.97 bits per heavy atom. The Morgan fingerprint density at radius 3 is 2.60 bits per heavy atom. The lowest BCUT2D eigenvalue weighted by molar-refractivity contribution is -0.0950. The first-order valence-electron chi connectivity index (χ1n) is 10.9. The molecule has 0 radical (unpaired) electrons. The molecule has 0 saturated carbocycles. The van der Waals surface area contributed by atoms with Crippen LogP contribution in [0.5, 0.6) is 0 Å². The van der Waals surface area contributed by atoms with E-state index in [4.69, 9.17) is 9.47 Å². The number of benzene rings is 1. The van der Waals surface area contributed by atoms with Crippen molar-refractivity contribution in [1.82, 2.24) is 4.98 Å². The maximum Gasteiger partial charge on any atom is 0.419 e. The highest BCUT2D eigenvalue weighted by Crippen LogP contribution is 2.42. The number of anilines is 1. The van der Waals surface area contributed by atoms with Gasteiger partial charge in [0.15, 0.2) is 16.8 Å². The molecule has 1 aromatic heterocycles. The lowest BCUT2D eigenvalue weighted by Gasteiger charge is -2.39. The fourth-order valence-electron chi connectivity index (χ4n) is 3.65. The van der Waals surface area contributed by atoms with Crippen LogP contribution in [0, 0.1) is 11.6 Å². The van der Waals surface area contributed by atoms with Gasteiger partial charge in [0, 0.05) is 10.9 Å². The molecule has 190 valence electrons. The van der Waals surface area contributed by atoms with E-state index in [0.717, 1.165) is 54.4 Å². The van der Waals surface area contributed by atoms with Crippen LogP contribution in [0.1, 0.15) is 39.5 Å². The predicted octanol–water partition coefficient (Wildman–Crippen LogP) is 7.40. The standard InChI is InChI=1S/C24H25F5N2O3S/c1-4-5-6-11-34-20-9-10-23(2,13-16(20)24(27,28)29)31(22(32)33-3)21-30-19(14-35-21)15-7-8-17(25)18(26)12-15/h7-9,12-14H,4-6,10-11H2,1-3H3. The van der Waals surface area contributed by atoms with Crippen molar-refractivity contribution in [1.29, 1.82) is 0 Å². The van der Waals surface area contributed by atoms with Gasteiger partial charge in [-0.3, -0.25) is 0 Å². The van der Waals surface area contributed by atoms with Gasteiger partial charge >= 0.3 is 12.3 Å². The van der Waals surface area contributed by atoms with Crippen LogP contribution in [-0.4, -0.2) is 36.5 Å². The summed E-state index contributed by atoms with van der Waals surface area (Å²) in [5.41, 5.74) is -2.00. The average molecular weight is 517 g/mol. The van der Waals surface area contributed by atoms with Gasteiger partial charge in [-0.25, -0.2) is 23.5 Å². The van der Waals surface area contributed by atoms with Crippen molar-refractivity contribution in [2.24, 2.45) is 0 Å². The summed E-state index contributed by atoms with van der Waals surface area (Å²) in [6, 6.07) is 3.20. The van der Waals surface area contributed by atoms with Gasteiger partial charge in [0.1, 0.15) is 5.76 Å². The van der Waals surface area contributed by atoms with Crippen LogP contribution in [0.25, 0.3) is 11.3 Å². The molecule has 1 aliphatic rings. The van der Waals surface area contributed by atoms with E-state index in [0.29, 0.717) is 6.42 Å². The molecule has 0 fully saturated rings. The number of ether oxygens (including phenoxy) is 2. The molecule has 5 nitrogen and oxygen atoms in total. The molecule has 0 saturated heterocycles. The minimum atomic E-state index is -4.72. The Kier molecular flexibility index (Phi) is 8.19. The van der Waals surface area contributed by atoms with Crippen molar-refractivity contribution in [2.45, 2.75) is 51.2 Å². The molecule has 11 heteroatoms. The topological polar surface area (TPSA) is 51.7 Å². The monoisotopic (exact) mass is 516 g/mol. The van der Waals surface area contributed by atoms with Gasteiger partial charge in [-0.05, 0) is 50.1 Å². The summed E-state index contributed by atoms with van der Waals surface area (Å²) in [6.45, 7) is 3.58. The molecular formula is C24H25F5N2O3S. The zero-order valence-corrected chi connectivity index (χ0v) is 20.2. The van der Waals surface area contributed by atoms with Crippen LogP contribution in [0.2, 0.25) is 0 Å². The first kappa shape index (κ1) is 26.7. The summed E-state index contributed by atoms with van der Waals surface area (Å²) >= 11 is 0.963. The molecule has 3 rings (SSSR count). The number of rotatable bonds is 8. The number of hydrogen-bond donors (Lipinski definition) is 0. The van der Waals surface area contributed by atoms with Crippen molar-refractivity contribution >= 4 is 22.6 Å². The highest BCUT2D eigenvalue weighted by molar-refractivity contribution is 7.14. The minimum Gasteiger partial charge on any atom is -0.493 e. The van der Waals surface area contributed by atoms with E-state index < -0.39 is 35.0 Å². The summed E-state index contributed by atoms with van der Waals surface area (Å²) in [4.78, 5) is 18.1. The van der Waals surface area contributed by atoms with Gasteiger partial charge in [-0.2, -0.15) is 13.2 Å². The van der Waals surface area contributed by atoms with Crippen LogP contribution >= 0.6 is 11.3 Å². The molecule has 1 aliphatic carbocycles. The van der Waals surface area contributed by atoms with E-state index in [1.165, 1.54) is 24.4 Å². The maximum absolute atomic E-state index is 14.0. The van der Waals surface area contributed by atoms with Crippen LogP contribution in [0.3, 0.4) is 0 Å². The Labute approximate surface area is 203 Å². The maximum atomic E-state index is 14.0. The van der Waals surface area contributed by atoms with Crippen molar-refractivity contribution in [3.8, 4) is 11.3 Å². The van der Waals surface area contributed by atoms with Gasteiger partial charge in [0.25, 0.3) is 0 Å². The van der Waals surface area contributed by atoms with Crippen LogP contribution in [0.15, 0.2) is 47.1 Å². The van der Waals surface area contributed by atoms with E-state index in [-0.39, 0.29) is 35.2 Å².